The van der Waals surface area contributed by atoms with Crippen LogP contribution in [0.1, 0.15) is 12.8 Å². The normalized spacial score (nSPS) is 14.6. The molecule has 0 heterocycles. The third-order valence-corrected chi connectivity index (χ3v) is 2.20. The number of carbonyl (C=O) groups excluding carboxylic acids is 2. The minimum Gasteiger partial charge on any atom is -0.383 e. The maximum atomic E-state index is 11.2. The number of carbonyl (C=O) groups is 2. The van der Waals surface area contributed by atoms with E-state index in [4.69, 9.17) is 4.74 Å². The smallest absolute Gasteiger partial charge is 0.239 e. The first-order valence-electron chi connectivity index (χ1n) is 5.48. The highest BCUT2D eigenvalue weighted by Gasteiger charge is 2.21. The standard InChI is InChI=1S/C10H19N3O3/c1-16-5-4-11-9(14)7-13-10(15)6-12-8-2-3-8/h8,12H,2-7H2,1H3,(H,11,14)(H,13,15). The number of ether oxygens (including phenoxy) is 1. The summed E-state index contributed by atoms with van der Waals surface area (Å²) in [5, 5.41) is 8.22. The van der Waals surface area contributed by atoms with Gasteiger partial charge in [-0.05, 0) is 12.8 Å². The number of nitrogens with one attached hydrogen (secondary N) is 3. The molecule has 1 aliphatic rings. The Morgan fingerprint density at radius 1 is 1.19 bits per heavy atom. The Hall–Kier alpha value is -1.14. The molecule has 0 saturated heterocycles. The van der Waals surface area contributed by atoms with E-state index in [0.29, 0.717) is 19.2 Å². The minimum atomic E-state index is -0.197. The highest BCUT2D eigenvalue weighted by molar-refractivity contribution is 5.85. The van der Waals surface area contributed by atoms with E-state index in [0.717, 1.165) is 12.8 Å². The van der Waals surface area contributed by atoms with Crippen molar-refractivity contribution in [2.45, 2.75) is 18.9 Å². The van der Waals surface area contributed by atoms with Gasteiger partial charge in [0.05, 0.1) is 19.7 Å². The van der Waals surface area contributed by atoms with Crippen molar-refractivity contribution >= 4 is 11.8 Å². The van der Waals surface area contributed by atoms with Gasteiger partial charge in [0.15, 0.2) is 0 Å². The molecule has 6 heteroatoms. The van der Waals surface area contributed by atoms with E-state index >= 15 is 0 Å². The van der Waals surface area contributed by atoms with Crippen molar-refractivity contribution in [3.63, 3.8) is 0 Å². The third-order valence-electron chi connectivity index (χ3n) is 2.20. The van der Waals surface area contributed by atoms with Gasteiger partial charge in [-0.2, -0.15) is 0 Å². The Balaban J connectivity index is 1.94. The van der Waals surface area contributed by atoms with E-state index in [1.807, 2.05) is 0 Å². The minimum absolute atomic E-state index is 0.0227. The Kier molecular flexibility index (Phi) is 5.81. The first-order chi connectivity index (χ1) is 7.72. The molecule has 1 fully saturated rings. The molecule has 92 valence electrons. The maximum absolute atomic E-state index is 11.2. The summed E-state index contributed by atoms with van der Waals surface area (Å²) < 4.78 is 4.78. The second-order valence-electron chi connectivity index (χ2n) is 3.77. The second kappa shape index (κ2) is 7.19. The average Bonchev–Trinajstić information content (AvgIpc) is 3.08. The highest BCUT2D eigenvalue weighted by atomic mass is 16.5. The average molecular weight is 229 g/mol. The Labute approximate surface area is 95.1 Å². The van der Waals surface area contributed by atoms with Gasteiger partial charge in [-0.15, -0.1) is 0 Å². The first kappa shape index (κ1) is 12.9. The van der Waals surface area contributed by atoms with Crippen molar-refractivity contribution in [2.24, 2.45) is 0 Å². The predicted molar refractivity (Wildman–Crippen MR) is 58.9 cm³/mol. The fourth-order valence-corrected chi connectivity index (χ4v) is 1.12. The fraction of sp³-hybridized carbons (Fsp3) is 0.800. The molecular weight excluding hydrogens is 210 g/mol. The molecule has 0 atom stereocenters. The molecule has 0 spiro atoms. The molecule has 0 bridgehead atoms. The lowest BCUT2D eigenvalue weighted by atomic mass is 10.5. The lowest BCUT2D eigenvalue weighted by Gasteiger charge is -2.06. The van der Waals surface area contributed by atoms with Crippen molar-refractivity contribution in [3.8, 4) is 0 Å². The monoisotopic (exact) mass is 229 g/mol. The topological polar surface area (TPSA) is 79.5 Å². The van der Waals surface area contributed by atoms with Crippen LogP contribution in [0.3, 0.4) is 0 Å². The van der Waals surface area contributed by atoms with Crippen molar-refractivity contribution in [2.75, 3.05) is 33.4 Å². The van der Waals surface area contributed by atoms with Gasteiger partial charge in [-0.25, -0.2) is 0 Å². The Bertz CT molecular complexity index is 241. The summed E-state index contributed by atoms with van der Waals surface area (Å²) in [4.78, 5) is 22.4. The predicted octanol–water partition coefficient (Wildman–Crippen LogP) is -1.38. The van der Waals surface area contributed by atoms with E-state index < -0.39 is 0 Å². The van der Waals surface area contributed by atoms with E-state index in [1.165, 1.54) is 0 Å². The maximum Gasteiger partial charge on any atom is 0.239 e. The van der Waals surface area contributed by atoms with E-state index in [1.54, 1.807) is 7.11 Å². The van der Waals surface area contributed by atoms with Crippen molar-refractivity contribution in [3.05, 3.63) is 0 Å². The van der Waals surface area contributed by atoms with E-state index in [2.05, 4.69) is 16.0 Å². The lowest BCUT2D eigenvalue weighted by Crippen LogP contribution is -2.41. The van der Waals surface area contributed by atoms with E-state index in [-0.39, 0.29) is 24.9 Å². The number of hydrogen-bond acceptors (Lipinski definition) is 4. The highest BCUT2D eigenvalue weighted by Crippen LogP contribution is 2.17. The summed E-state index contributed by atoms with van der Waals surface area (Å²) in [6.45, 7) is 1.25. The molecule has 3 N–H and O–H groups in total. The fourth-order valence-electron chi connectivity index (χ4n) is 1.12. The summed E-state index contributed by atoms with van der Waals surface area (Å²) in [6.07, 6.45) is 2.29. The number of methoxy groups -OCH3 is 1. The lowest BCUT2D eigenvalue weighted by molar-refractivity contribution is -0.125. The van der Waals surface area contributed by atoms with Crippen LogP contribution >= 0.6 is 0 Å². The molecule has 16 heavy (non-hydrogen) atoms. The molecule has 1 saturated carbocycles. The van der Waals surface area contributed by atoms with E-state index in [9.17, 15) is 9.59 Å². The summed E-state index contributed by atoms with van der Waals surface area (Å²) in [6, 6.07) is 0.501. The summed E-state index contributed by atoms with van der Waals surface area (Å²) in [5.74, 6) is -0.342. The number of amides is 2. The molecular formula is C10H19N3O3. The van der Waals surface area contributed by atoms with Gasteiger partial charge in [-0.3, -0.25) is 9.59 Å². The van der Waals surface area contributed by atoms with Crippen LogP contribution in [-0.4, -0.2) is 51.2 Å². The Morgan fingerprint density at radius 3 is 2.50 bits per heavy atom. The zero-order chi connectivity index (χ0) is 11.8. The molecule has 1 rings (SSSR count). The third kappa shape index (κ3) is 6.36. The molecule has 0 aromatic carbocycles. The van der Waals surface area contributed by atoms with Gasteiger partial charge in [0.1, 0.15) is 0 Å². The largest absolute Gasteiger partial charge is 0.383 e. The van der Waals surface area contributed by atoms with Crippen LogP contribution in [0.15, 0.2) is 0 Å². The molecule has 0 radical (unpaired) electrons. The van der Waals surface area contributed by atoms with Crippen LogP contribution in [0.4, 0.5) is 0 Å². The van der Waals surface area contributed by atoms with Gasteiger partial charge in [0, 0.05) is 19.7 Å². The second-order valence-corrected chi connectivity index (χ2v) is 3.77. The molecule has 0 aromatic rings. The van der Waals surface area contributed by atoms with Gasteiger partial charge in [0.2, 0.25) is 11.8 Å². The van der Waals surface area contributed by atoms with Crippen LogP contribution in [0.5, 0.6) is 0 Å². The molecule has 2 amide bonds. The molecule has 1 aliphatic carbocycles. The van der Waals surface area contributed by atoms with Gasteiger partial charge in [0.25, 0.3) is 0 Å². The Morgan fingerprint density at radius 2 is 1.88 bits per heavy atom. The van der Waals surface area contributed by atoms with Crippen LogP contribution in [0.2, 0.25) is 0 Å². The van der Waals surface area contributed by atoms with Crippen LogP contribution in [-0.2, 0) is 14.3 Å². The molecule has 6 nitrogen and oxygen atoms in total. The molecule has 0 aliphatic heterocycles. The molecule has 0 aromatic heterocycles. The quantitative estimate of drug-likeness (QED) is 0.448. The first-order valence-corrected chi connectivity index (χ1v) is 5.48. The summed E-state index contributed by atoms with van der Waals surface area (Å²) in [5.41, 5.74) is 0. The van der Waals surface area contributed by atoms with Crippen LogP contribution < -0.4 is 16.0 Å². The zero-order valence-electron chi connectivity index (χ0n) is 9.54. The van der Waals surface area contributed by atoms with Crippen molar-refractivity contribution < 1.29 is 14.3 Å². The number of hydrogen-bond donors (Lipinski definition) is 3. The van der Waals surface area contributed by atoms with Crippen molar-refractivity contribution in [1.29, 1.82) is 0 Å². The van der Waals surface area contributed by atoms with Gasteiger partial charge in [-0.1, -0.05) is 0 Å². The summed E-state index contributed by atoms with van der Waals surface area (Å²) in [7, 11) is 1.57. The summed E-state index contributed by atoms with van der Waals surface area (Å²) >= 11 is 0. The van der Waals surface area contributed by atoms with Crippen LogP contribution in [0, 0.1) is 0 Å². The van der Waals surface area contributed by atoms with Gasteiger partial charge >= 0.3 is 0 Å². The number of rotatable bonds is 8. The molecule has 0 unspecified atom stereocenters. The van der Waals surface area contributed by atoms with Crippen LogP contribution in [0.25, 0.3) is 0 Å². The zero-order valence-corrected chi connectivity index (χ0v) is 9.54. The van der Waals surface area contributed by atoms with Gasteiger partial charge < -0.3 is 20.7 Å². The van der Waals surface area contributed by atoms with Crippen molar-refractivity contribution in [1.82, 2.24) is 16.0 Å². The SMILES string of the molecule is COCCNC(=O)CNC(=O)CNC1CC1.